The minimum Gasteiger partial charge on any atom is -0.497 e. The second-order valence-corrected chi connectivity index (χ2v) is 4.97. The van der Waals surface area contributed by atoms with Crippen LogP contribution in [0.25, 0.3) is 0 Å². The molecule has 0 aromatic heterocycles. The molecule has 0 saturated heterocycles. The zero-order valence-corrected chi connectivity index (χ0v) is 12.8. The van der Waals surface area contributed by atoms with Crippen LogP contribution in [0.1, 0.15) is 37.7 Å². The zero-order chi connectivity index (χ0) is 16.2. The molecule has 0 heterocycles. The van der Waals surface area contributed by atoms with Gasteiger partial charge in [0.2, 0.25) is 5.91 Å². The van der Waals surface area contributed by atoms with Crippen LogP contribution in [0, 0.1) is 0 Å². The molecule has 6 heteroatoms. The van der Waals surface area contributed by atoms with E-state index in [-0.39, 0.29) is 12.3 Å². The van der Waals surface area contributed by atoms with Gasteiger partial charge in [-0.25, -0.2) is 5.48 Å². The zero-order valence-electron chi connectivity index (χ0n) is 12.8. The van der Waals surface area contributed by atoms with E-state index in [1.165, 1.54) is 0 Å². The lowest BCUT2D eigenvalue weighted by Gasteiger charge is -2.12. The molecule has 1 atom stereocenters. The topological polar surface area (TPSA) is 84.9 Å². The maximum atomic E-state index is 11.0. The Morgan fingerprint density at radius 2 is 2.00 bits per heavy atom. The fraction of sp³-hybridized carbons (Fsp3) is 0.500. The lowest BCUT2D eigenvalue weighted by molar-refractivity contribution is -0.129. The van der Waals surface area contributed by atoms with Crippen LogP contribution in [0.4, 0.5) is 0 Å². The van der Waals surface area contributed by atoms with Crippen molar-refractivity contribution >= 4 is 12.2 Å². The first kappa shape index (κ1) is 18.1. The Labute approximate surface area is 130 Å². The monoisotopic (exact) mass is 309 g/mol. The van der Waals surface area contributed by atoms with Crippen LogP contribution in [0.15, 0.2) is 24.3 Å². The standard InChI is InChI=1S/C16H23NO5/c1-21-14-9-7-13(8-10-14)12-22-15(11-18)5-3-2-4-6-16(19)17-20/h7-11,15,20H,2-6,12H2,1H3,(H,17,19)/t15-/m1/s1. The molecule has 0 fully saturated rings. The number of hydroxylamine groups is 1. The third kappa shape index (κ3) is 7.19. The summed E-state index contributed by atoms with van der Waals surface area (Å²) in [7, 11) is 1.61. The number of nitrogens with one attached hydrogen (secondary N) is 1. The quantitative estimate of drug-likeness (QED) is 0.283. The van der Waals surface area contributed by atoms with Gasteiger partial charge in [0.05, 0.1) is 13.7 Å². The summed E-state index contributed by atoms with van der Waals surface area (Å²) in [5.41, 5.74) is 2.57. The first-order valence-electron chi connectivity index (χ1n) is 7.32. The number of hydrogen-bond acceptors (Lipinski definition) is 5. The fourth-order valence-corrected chi connectivity index (χ4v) is 1.98. The molecule has 0 unspecified atom stereocenters. The molecule has 0 aliphatic heterocycles. The van der Waals surface area contributed by atoms with E-state index < -0.39 is 6.10 Å². The molecule has 0 spiro atoms. The van der Waals surface area contributed by atoms with E-state index in [1.54, 1.807) is 12.6 Å². The Morgan fingerprint density at radius 1 is 1.27 bits per heavy atom. The van der Waals surface area contributed by atoms with Crippen LogP contribution in [0.3, 0.4) is 0 Å². The summed E-state index contributed by atoms with van der Waals surface area (Å²) in [4.78, 5) is 21.8. The van der Waals surface area contributed by atoms with Gasteiger partial charge in [-0.2, -0.15) is 0 Å². The normalized spacial score (nSPS) is 11.7. The molecule has 1 aromatic rings. The number of carbonyl (C=O) groups excluding carboxylic acids is 2. The number of ether oxygens (including phenoxy) is 2. The molecular formula is C16H23NO5. The summed E-state index contributed by atoms with van der Waals surface area (Å²) in [5.74, 6) is 0.394. The van der Waals surface area contributed by atoms with E-state index in [0.717, 1.165) is 30.4 Å². The lowest BCUT2D eigenvalue weighted by Crippen LogP contribution is -2.18. The Bertz CT molecular complexity index is 446. The molecule has 0 radical (unpaired) electrons. The molecule has 2 N–H and O–H groups in total. The maximum Gasteiger partial charge on any atom is 0.243 e. The number of unbranched alkanes of at least 4 members (excludes halogenated alkanes) is 2. The van der Waals surface area contributed by atoms with Crippen LogP contribution in [-0.4, -0.2) is 30.6 Å². The van der Waals surface area contributed by atoms with Gasteiger partial charge in [0, 0.05) is 6.42 Å². The third-order valence-corrected chi connectivity index (χ3v) is 3.29. The van der Waals surface area contributed by atoms with E-state index in [9.17, 15) is 9.59 Å². The van der Waals surface area contributed by atoms with Crippen molar-refractivity contribution in [3.05, 3.63) is 29.8 Å². The minimum atomic E-state index is -0.436. The number of carbonyl (C=O) groups is 2. The number of hydrogen-bond donors (Lipinski definition) is 2. The van der Waals surface area contributed by atoms with Crippen LogP contribution in [0.5, 0.6) is 5.75 Å². The Morgan fingerprint density at radius 3 is 2.59 bits per heavy atom. The van der Waals surface area contributed by atoms with Crippen molar-refractivity contribution in [1.29, 1.82) is 0 Å². The average molecular weight is 309 g/mol. The Hall–Kier alpha value is -1.92. The van der Waals surface area contributed by atoms with Crippen molar-refractivity contribution in [2.75, 3.05) is 7.11 Å². The number of aldehydes is 1. The number of methoxy groups -OCH3 is 1. The van der Waals surface area contributed by atoms with Gasteiger partial charge < -0.3 is 14.3 Å². The maximum absolute atomic E-state index is 11.0. The van der Waals surface area contributed by atoms with Gasteiger partial charge in [0.1, 0.15) is 18.1 Å². The van der Waals surface area contributed by atoms with Gasteiger partial charge in [-0.15, -0.1) is 0 Å². The Kier molecular flexibility index (Phi) is 8.86. The van der Waals surface area contributed by atoms with Crippen molar-refractivity contribution in [3.8, 4) is 5.75 Å². The molecule has 6 nitrogen and oxygen atoms in total. The predicted octanol–water partition coefficient (Wildman–Crippen LogP) is 2.24. The highest BCUT2D eigenvalue weighted by atomic mass is 16.5. The lowest BCUT2D eigenvalue weighted by atomic mass is 10.1. The first-order chi connectivity index (χ1) is 10.7. The predicted molar refractivity (Wildman–Crippen MR) is 80.6 cm³/mol. The van der Waals surface area contributed by atoms with Gasteiger partial charge in [0.25, 0.3) is 0 Å². The van der Waals surface area contributed by atoms with Crippen LogP contribution in [-0.2, 0) is 20.9 Å². The van der Waals surface area contributed by atoms with Crippen molar-refractivity contribution in [1.82, 2.24) is 5.48 Å². The summed E-state index contributed by atoms with van der Waals surface area (Å²) in [5, 5.41) is 8.36. The van der Waals surface area contributed by atoms with Gasteiger partial charge in [0.15, 0.2) is 0 Å². The summed E-state index contributed by atoms with van der Waals surface area (Å²) >= 11 is 0. The van der Waals surface area contributed by atoms with Gasteiger partial charge in [-0.1, -0.05) is 25.0 Å². The fourth-order valence-electron chi connectivity index (χ4n) is 1.98. The van der Waals surface area contributed by atoms with Crippen molar-refractivity contribution in [2.24, 2.45) is 0 Å². The van der Waals surface area contributed by atoms with Gasteiger partial charge in [-0.3, -0.25) is 10.0 Å². The summed E-state index contributed by atoms with van der Waals surface area (Å²) < 4.78 is 10.6. The molecule has 1 rings (SSSR count). The molecule has 1 aromatic carbocycles. The second kappa shape index (κ2) is 10.8. The molecule has 122 valence electrons. The minimum absolute atomic E-state index is 0.287. The molecule has 0 saturated carbocycles. The highest BCUT2D eigenvalue weighted by Crippen LogP contribution is 2.14. The Balaban J connectivity index is 2.21. The van der Waals surface area contributed by atoms with E-state index >= 15 is 0 Å². The van der Waals surface area contributed by atoms with E-state index in [2.05, 4.69) is 0 Å². The van der Waals surface area contributed by atoms with E-state index in [0.29, 0.717) is 19.4 Å². The molecular weight excluding hydrogens is 286 g/mol. The third-order valence-electron chi connectivity index (χ3n) is 3.29. The molecule has 0 bridgehead atoms. The molecule has 0 aliphatic rings. The van der Waals surface area contributed by atoms with Crippen LogP contribution >= 0.6 is 0 Å². The van der Waals surface area contributed by atoms with E-state index in [1.807, 2.05) is 24.3 Å². The second-order valence-electron chi connectivity index (χ2n) is 4.97. The molecule has 0 aliphatic carbocycles. The van der Waals surface area contributed by atoms with Crippen molar-refractivity contribution < 1.29 is 24.3 Å². The summed E-state index contributed by atoms with van der Waals surface area (Å²) in [6, 6.07) is 7.49. The summed E-state index contributed by atoms with van der Waals surface area (Å²) in [6.45, 7) is 0.375. The van der Waals surface area contributed by atoms with Gasteiger partial charge >= 0.3 is 0 Å². The van der Waals surface area contributed by atoms with Crippen molar-refractivity contribution in [2.45, 2.75) is 44.8 Å². The SMILES string of the molecule is COc1ccc(CO[C@@H](C=O)CCCCCC(=O)NO)cc1. The smallest absolute Gasteiger partial charge is 0.243 e. The number of amides is 1. The van der Waals surface area contributed by atoms with Gasteiger partial charge in [-0.05, 0) is 30.5 Å². The van der Waals surface area contributed by atoms with Crippen LogP contribution in [0.2, 0.25) is 0 Å². The highest BCUT2D eigenvalue weighted by Gasteiger charge is 2.08. The average Bonchev–Trinajstić information content (AvgIpc) is 2.57. The molecule has 22 heavy (non-hydrogen) atoms. The van der Waals surface area contributed by atoms with Crippen LogP contribution < -0.4 is 10.2 Å². The van der Waals surface area contributed by atoms with E-state index in [4.69, 9.17) is 14.7 Å². The summed E-state index contributed by atoms with van der Waals surface area (Å²) in [6.07, 6.45) is 3.57. The largest absolute Gasteiger partial charge is 0.497 e. The highest BCUT2D eigenvalue weighted by molar-refractivity contribution is 5.74. The first-order valence-corrected chi connectivity index (χ1v) is 7.32. The number of benzene rings is 1. The number of rotatable bonds is 11. The van der Waals surface area contributed by atoms with Crippen molar-refractivity contribution in [3.63, 3.8) is 0 Å². The molecule has 1 amide bonds.